The first-order valence-corrected chi connectivity index (χ1v) is 8.55. The Morgan fingerprint density at radius 2 is 1.78 bits per heavy atom. The molecule has 1 aromatic rings. The van der Waals surface area contributed by atoms with Crippen LogP contribution in [0.5, 0.6) is 0 Å². The smallest absolute Gasteiger partial charge is 0.318 e. The largest absolute Gasteiger partial charge is 0.368 e. The Morgan fingerprint density at radius 3 is 2.33 bits per heavy atom. The standard InChI is InChI=1S/C18H18ClN3O5/c1-17(2)7-11-13(12(23)8-17)18(27,14(24)21-16(20)26)15(25)22(11)10-5-3-9(19)4-6-10/h3-6,27H,7-8H2,1-2H3,(H3,20,21,24,26). The molecule has 8 nitrogen and oxygen atoms in total. The van der Waals surface area contributed by atoms with Gasteiger partial charge in [0.1, 0.15) is 0 Å². The van der Waals surface area contributed by atoms with Crippen LogP contribution < -0.4 is 16.0 Å². The number of carbonyl (C=O) groups is 4. The second-order valence-corrected chi connectivity index (χ2v) is 7.84. The minimum Gasteiger partial charge on any atom is -0.368 e. The third kappa shape index (κ3) is 3.00. The van der Waals surface area contributed by atoms with Gasteiger partial charge in [0.2, 0.25) is 0 Å². The van der Waals surface area contributed by atoms with Crippen LogP contribution in [-0.4, -0.2) is 34.3 Å². The predicted molar refractivity (Wildman–Crippen MR) is 96.7 cm³/mol. The number of urea groups is 1. The topological polar surface area (TPSA) is 130 Å². The van der Waals surface area contributed by atoms with E-state index in [0.29, 0.717) is 10.7 Å². The molecule has 1 heterocycles. The van der Waals surface area contributed by atoms with Crippen molar-refractivity contribution in [2.45, 2.75) is 32.3 Å². The summed E-state index contributed by atoms with van der Waals surface area (Å²) in [7, 11) is 0. The number of hydrogen-bond donors (Lipinski definition) is 3. The summed E-state index contributed by atoms with van der Waals surface area (Å²) in [6, 6.07) is 4.92. The number of primary amides is 1. The molecule has 1 aromatic carbocycles. The number of carbonyl (C=O) groups excluding carboxylic acids is 4. The van der Waals surface area contributed by atoms with E-state index in [2.05, 4.69) is 0 Å². The molecule has 0 spiro atoms. The van der Waals surface area contributed by atoms with Gasteiger partial charge < -0.3 is 10.8 Å². The van der Waals surface area contributed by atoms with Crippen molar-refractivity contribution in [1.29, 1.82) is 0 Å². The van der Waals surface area contributed by atoms with Gasteiger partial charge in [0.05, 0.1) is 5.57 Å². The van der Waals surface area contributed by atoms with Crippen LogP contribution in [0.1, 0.15) is 26.7 Å². The van der Waals surface area contributed by atoms with Gasteiger partial charge in [0.15, 0.2) is 5.78 Å². The molecule has 0 saturated heterocycles. The minimum atomic E-state index is -2.82. The van der Waals surface area contributed by atoms with Gasteiger partial charge in [-0.2, -0.15) is 0 Å². The molecule has 1 aliphatic carbocycles. The minimum absolute atomic E-state index is 0.0414. The van der Waals surface area contributed by atoms with E-state index in [1.54, 1.807) is 17.4 Å². The van der Waals surface area contributed by atoms with Gasteiger partial charge in [-0.25, -0.2) is 4.79 Å². The number of nitrogens with zero attached hydrogens (tertiary/aromatic N) is 1. The number of halogens is 1. The van der Waals surface area contributed by atoms with E-state index in [9.17, 15) is 24.3 Å². The molecule has 0 saturated carbocycles. The van der Waals surface area contributed by atoms with Crippen molar-refractivity contribution in [3.05, 3.63) is 40.6 Å². The molecule has 1 aliphatic heterocycles. The highest BCUT2D eigenvalue weighted by Crippen LogP contribution is 2.48. The highest BCUT2D eigenvalue weighted by molar-refractivity contribution is 6.31. The lowest BCUT2D eigenvalue weighted by atomic mass is 9.73. The number of hydrogen-bond acceptors (Lipinski definition) is 5. The highest BCUT2D eigenvalue weighted by atomic mass is 35.5. The van der Waals surface area contributed by atoms with Crippen LogP contribution in [0.4, 0.5) is 10.5 Å². The Morgan fingerprint density at radius 1 is 1.19 bits per heavy atom. The lowest BCUT2D eigenvalue weighted by molar-refractivity contribution is -0.147. The van der Waals surface area contributed by atoms with Gasteiger partial charge in [-0.05, 0) is 36.1 Å². The van der Waals surface area contributed by atoms with E-state index in [0.717, 1.165) is 4.90 Å². The van der Waals surface area contributed by atoms with Crippen LogP contribution >= 0.6 is 11.6 Å². The summed E-state index contributed by atoms with van der Waals surface area (Å²) in [5, 5.41) is 13.1. The first kappa shape index (κ1) is 19.1. The molecule has 0 radical (unpaired) electrons. The van der Waals surface area contributed by atoms with E-state index >= 15 is 0 Å². The third-order valence-corrected chi connectivity index (χ3v) is 4.90. The van der Waals surface area contributed by atoms with E-state index < -0.39 is 34.6 Å². The molecule has 9 heteroatoms. The van der Waals surface area contributed by atoms with Gasteiger partial charge in [-0.1, -0.05) is 25.4 Å². The predicted octanol–water partition coefficient (Wildman–Crippen LogP) is 1.26. The number of amides is 4. The summed E-state index contributed by atoms with van der Waals surface area (Å²) in [5.41, 5.74) is 1.90. The average molecular weight is 392 g/mol. The van der Waals surface area contributed by atoms with E-state index in [-0.39, 0.29) is 24.1 Å². The lowest BCUT2D eigenvalue weighted by Crippen LogP contribution is -2.57. The van der Waals surface area contributed by atoms with Gasteiger partial charge in [-0.3, -0.25) is 24.6 Å². The van der Waals surface area contributed by atoms with Crippen LogP contribution in [0.25, 0.3) is 0 Å². The maximum Gasteiger partial charge on any atom is 0.318 e. The number of rotatable bonds is 2. The van der Waals surface area contributed by atoms with Crippen molar-refractivity contribution in [2.75, 3.05) is 4.90 Å². The summed E-state index contributed by atoms with van der Waals surface area (Å²) >= 11 is 5.89. The number of aliphatic hydroxyl groups is 1. The average Bonchev–Trinajstić information content (AvgIpc) is 2.75. The number of anilines is 1. The molecule has 0 aromatic heterocycles. The number of ketones is 1. The Bertz CT molecular complexity index is 906. The van der Waals surface area contributed by atoms with E-state index in [1.807, 2.05) is 13.8 Å². The summed E-state index contributed by atoms with van der Waals surface area (Å²) in [6.45, 7) is 3.69. The van der Waals surface area contributed by atoms with E-state index in [1.165, 1.54) is 12.1 Å². The molecule has 4 amide bonds. The zero-order chi connectivity index (χ0) is 20.1. The number of allylic oxidation sites excluding steroid dienone is 1. The normalized spacial score (nSPS) is 24.1. The summed E-state index contributed by atoms with van der Waals surface area (Å²) in [6.07, 6.45) is 0.314. The van der Waals surface area contributed by atoms with E-state index in [4.69, 9.17) is 17.3 Å². The second-order valence-electron chi connectivity index (χ2n) is 7.41. The van der Waals surface area contributed by atoms with Crippen molar-refractivity contribution >= 4 is 40.9 Å². The van der Waals surface area contributed by atoms with Gasteiger partial charge in [0, 0.05) is 22.8 Å². The molecule has 0 bridgehead atoms. The maximum absolute atomic E-state index is 13.1. The summed E-state index contributed by atoms with van der Waals surface area (Å²) < 4.78 is 0. The Labute approximate surface area is 160 Å². The monoisotopic (exact) mass is 391 g/mol. The number of Topliss-reactive ketones (excluding diaryl/α,β-unsaturated/α-hetero) is 1. The van der Waals surface area contributed by atoms with Crippen LogP contribution in [0, 0.1) is 5.41 Å². The number of nitrogens with two attached hydrogens (primary N) is 1. The number of benzene rings is 1. The fourth-order valence-corrected chi connectivity index (χ4v) is 3.68. The molecule has 142 valence electrons. The zero-order valence-electron chi connectivity index (χ0n) is 14.7. The first-order valence-electron chi connectivity index (χ1n) is 8.17. The van der Waals surface area contributed by atoms with Crippen molar-refractivity contribution < 1.29 is 24.3 Å². The van der Waals surface area contributed by atoms with Crippen molar-refractivity contribution in [3.63, 3.8) is 0 Å². The van der Waals surface area contributed by atoms with Gasteiger partial charge >= 0.3 is 6.03 Å². The molecule has 4 N–H and O–H groups in total. The van der Waals surface area contributed by atoms with Crippen molar-refractivity contribution in [1.82, 2.24) is 5.32 Å². The van der Waals surface area contributed by atoms with Crippen LogP contribution in [-0.2, 0) is 14.4 Å². The molecule has 2 aliphatic rings. The van der Waals surface area contributed by atoms with Crippen molar-refractivity contribution in [2.24, 2.45) is 11.1 Å². The fraction of sp³-hybridized carbons (Fsp3) is 0.333. The quantitative estimate of drug-likeness (QED) is 0.653. The van der Waals surface area contributed by atoms with Gasteiger partial charge in [0.25, 0.3) is 17.4 Å². The molecular formula is C18H18ClN3O5. The Balaban J connectivity index is 2.20. The summed E-state index contributed by atoms with van der Waals surface area (Å²) in [4.78, 5) is 50.5. The number of nitrogens with one attached hydrogen (secondary N) is 1. The first-order chi connectivity index (χ1) is 12.5. The van der Waals surface area contributed by atoms with Crippen LogP contribution in [0.2, 0.25) is 5.02 Å². The molecular weight excluding hydrogens is 374 g/mol. The molecule has 1 unspecified atom stereocenters. The highest BCUT2D eigenvalue weighted by Gasteiger charge is 2.61. The lowest BCUT2D eigenvalue weighted by Gasteiger charge is -2.32. The second kappa shape index (κ2) is 6.17. The van der Waals surface area contributed by atoms with Gasteiger partial charge in [-0.15, -0.1) is 0 Å². The molecule has 0 fully saturated rings. The SMILES string of the molecule is CC1(C)CC(=O)C2=C(C1)N(c1ccc(Cl)cc1)C(=O)C2(O)C(=O)NC(N)=O. The van der Waals surface area contributed by atoms with Crippen molar-refractivity contribution in [3.8, 4) is 0 Å². The molecule has 27 heavy (non-hydrogen) atoms. The number of imide groups is 1. The van der Waals surface area contributed by atoms with Crippen LogP contribution in [0.15, 0.2) is 35.5 Å². The maximum atomic E-state index is 13.1. The Hall–Kier alpha value is -2.71. The Kier molecular flexibility index (Phi) is 4.36. The summed E-state index contributed by atoms with van der Waals surface area (Å²) in [5.74, 6) is -2.93. The zero-order valence-corrected chi connectivity index (χ0v) is 15.5. The third-order valence-electron chi connectivity index (χ3n) is 4.65. The molecule has 3 rings (SSSR count). The van der Waals surface area contributed by atoms with Crippen LogP contribution in [0.3, 0.4) is 0 Å². The fourth-order valence-electron chi connectivity index (χ4n) is 3.56. The molecule has 1 atom stereocenters.